The first-order valence-electron chi connectivity index (χ1n) is 6.64. The third-order valence-corrected chi connectivity index (χ3v) is 4.36. The summed E-state index contributed by atoms with van der Waals surface area (Å²) in [6.45, 7) is 4.02. The molecule has 1 aliphatic rings. The fraction of sp³-hybridized carbons (Fsp3) is 0.429. The smallest absolute Gasteiger partial charge is 0.149 e. The lowest BCUT2D eigenvalue weighted by Crippen LogP contribution is -2.21. The Hall–Kier alpha value is -0.910. The van der Waals surface area contributed by atoms with Gasteiger partial charge in [-0.1, -0.05) is 34.1 Å². The summed E-state index contributed by atoms with van der Waals surface area (Å²) in [7, 11) is 0. The number of nitrogens with one attached hydrogen (secondary N) is 1. The predicted octanol–water partition coefficient (Wildman–Crippen LogP) is 3.26. The fourth-order valence-electron chi connectivity index (χ4n) is 2.49. The van der Waals surface area contributed by atoms with E-state index in [4.69, 9.17) is 0 Å². The first-order chi connectivity index (χ1) is 9.25. The number of fused-ring (bicyclic) bond motifs is 1. The van der Waals surface area contributed by atoms with E-state index < -0.39 is 0 Å². The largest absolute Gasteiger partial charge is 0.314 e. The van der Waals surface area contributed by atoms with Crippen LogP contribution in [0.5, 0.6) is 0 Å². The predicted molar refractivity (Wildman–Crippen MR) is 85.0 cm³/mol. The molecule has 6 heteroatoms. The summed E-state index contributed by atoms with van der Waals surface area (Å²) in [5.41, 5.74) is 1.26. The van der Waals surface area contributed by atoms with Gasteiger partial charge in [0.15, 0.2) is 0 Å². The van der Waals surface area contributed by atoms with Gasteiger partial charge in [-0.25, -0.2) is 0 Å². The highest BCUT2D eigenvalue weighted by molar-refractivity contribution is 9.10. The van der Waals surface area contributed by atoms with Crippen LogP contribution in [0.4, 0.5) is 0 Å². The van der Waals surface area contributed by atoms with Crippen LogP contribution in [-0.4, -0.2) is 14.8 Å². The molecule has 2 aromatic rings. The van der Waals surface area contributed by atoms with Crippen molar-refractivity contribution in [3.05, 3.63) is 46.0 Å². The van der Waals surface area contributed by atoms with Crippen molar-refractivity contribution < 1.29 is 0 Å². The molecule has 1 atom stereocenters. The van der Waals surface area contributed by atoms with Crippen molar-refractivity contribution in [1.29, 1.82) is 0 Å². The SMILES string of the molecule is CC(NCc1ccccc1Br)c1nnc2n1CCC2.Cl. The fourth-order valence-corrected chi connectivity index (χ4v) is 2.91. The van der Waals surface area contributed by atoms with Gasteiger partial charge in [0.2, 0.25) is 0 Å². The lowest BCUT2D eigenvalue weighted by atomic mass is 10.2. The van der Waals surface area contributed by atoms with Crippen molar-refractivity contribution >= 4 is 28.3 Å². The van der Waals surface area contributed by atoms with Gasteiger partial charge in [0.05, 0.1) is 6.04 Å². The number of hydrogen-bond donors (Lipinski definition) is 1. The zero-order valence-electron chi connectivity index (χ0n) is 11.3. The number of rotatable bonds is 4. The van der Waals surface area contributed by atoms with Crippen LogP contribution in [0.1, 0.15) is 36.6 Å². The lowest BCUT2D eigenvalue weighted by Gasteiger charge is -2.14. The van der Waals surface area contributed by atoms with E-state index in [1.165, 1.54) is 12.0 Å². The first-order valence-corrected chi connectivity index (χ1v) is 7.44. The zero-order chi connectivity index (χ0) is 13.2. The van der Waals surface area contributed by atoms with E-state index >= 15 is 0 Å². The van der Waals surface area contributed by atoms with E-state index in [-0.39, 0.29) is 18.4 Å². The van der Waals surface area contributed by atoms with Crippen molar-refractivity contribution in [1.82, 2.24) is 20.1 Å². The summed E-state index contributed by atoms with van der Waals surface area (Å²) in [5, 5.41) is 12.1. The van der Waals surface area contributed by atoms with Crippen molar-refractivity contribution in [3.63, 3.8) is 0 Å². The van der Waals surface area contributed by atoms with Crippen LogP contribution >= 0.6 is 28.3 Å². The average Bonchev–Trinajstić information content (AvgIpc) is 2.99. The van der Waals surface area contributed by atoms with Crippen molar-refractivity contribution in [2.75, 3.05) is 0 Å². The van der Waals surface area contributed by atoms with Gasteiger partial charge >= 0.3 is 0 Å². The third kappa shape index (κ3) is 3.05. The lowest BCUT2D eigenvalue weighted by molar-refractivity contribution is 0.515. The Labute approximate surface area is 133 Å². The van der Waals surface area contributed by atoms with Gasteiger partial charge < -0.3 is 9.88 Å². The minimum absolute atomic E-state index is 0. The second kappa shape index (κ2) is 6.70. The normalized spacial score (nSPS) is 14.7. The van der Waals surface area contributed by atoms with Gasteiger partial charge in [-0.2, -0.15) is 0 Å². The minimum Gasteiger partial charge on any atom is -0.314 e. The molecule has 0 aliphatic carbocycles. The molecule has 0 amide bonds. The van der Waals surface area contributed by atoms with Gasteiger partial charge in [-0.3, -0.25) is 0 Å². The number of aromatic nitrogens is 3. The van der Waals surface area contributed by atoms with Gasteiger partial charge in [-0.05, 0) is 25.0 Å². The topological polar surface area (TPSA) is 42.7 Å². The van der Waals surface area contributed by atoms with E-state index in [9.17, 15) is 0 Å². The van der Waals surface area contributed by atoms with Crippen molar-refractivity contribution in [3.8, 4) is 0 Å². The summed E-state index contributed by atoms with van der Waals surface area (Å²) in [6.07, 6.45) is 2.25. The maximum Gasteiger partial charge on any atom is 0.149 e. The van der Waals surface area contributed by atoms with Gasteiger partial charge in [0.1, 0.15) is 11.6 Å². The molecule has 0 radical (unpaired) electrons. The number of hydrogen-bond acceptors (Lipinski definition) is 3. The van der Waals surface area contributed by atoms with Crippen LogP contribution in [0.15, 0.2) is 28.7 Å². The molecule has 0 bridgehead atoms. The molecule has 1 aromatic heterocycles. The van der Waals surface area contributed by atoms with E-state index in [1.54, 1.807) is 0 Å². The number of halogens is 2. The van der Waals surface area contributed by atoms with Crippen molar-refractivity contribution in [2.45, 2.75) is 38.9 Å². The van der Waals surface area contributed by atoms with E-state index in [2.05, 4.69) is 61.1 Å². The van der Waals surface area contributed by atoms with E-state index in [0.29, 0.717) is 0 Å². The molecule has 0 spiro atoms. The maximum absolute atomic E-state index is 4.31. The maximum atomic E-state index is 4.31. The zero-order valence-corrected chi connectivity index (χ0v) is 13.7. The Kier molecular flexibility index (Phi) is 5.18. The highest BCUT2D eigenvalue weighted by Crippen LogP contribution is 2.20. The Balaban J connectivity index is 0.00000147. The van der Waals surface area contributed by atoms with Crippen LogP contribution < -0.4 is 5.32 Å². The number of nitrogens with zero attached hydrogens (tertiary/aromatic N) is 3. The first kappa shape index (κ1) is 15.5. The molecular weight excluding hydrogens is 340 g/mol. The van der Waals surface area contributed by atoms with Crippen LogP contribution in [0, 0.1) is 0 Å². The standard InChI is InChI=1S/C14H17BrN4.ClH/c1-10(14-18-17-13-7-4-8-19(13)14)16-9-11-5-2-3-6-12(11)15;/h2-3,5-6,10,16H,4,7-9H2,1H3;1H. The molecule has 3 rings (SSSR count). The van der Waals surface area contributed by atoms with Crippen LogP contribution in [0.3, 0.4) is 0 Å². The molecule has 2 heterocycles. The molecule has 4 nitrogen and oxygen atoms in total. The molecule has 108 valence electrons. The molecule has 1 aromatic carbocycles. The average molecular weight is 358 g/mol. The van der Waals surface area contributed by atoms with Gasteiger partial charge in [0, 0.05) is 24.0 Å². The number of aryl methyl sites for hydroxylation is 1. The Bertz CT molecular complexity index is 584. The highest BCUT2D eigenvalue weighted by Gasteiger charge is 2.20. The van der Waals surface area contributed by atoms with Crippen LogP contribution in [-0.2, 0) is 19.5 Å². The minimum atomic E-state index is 0. The molecule has 0 saturated carbocycles. The second-order valence-electron chi connectivity index (χ2n) is 4.92. The van der Waals surface area contributed by atoms with Gasteiger partial charge in [0.25, 0.3) is 0 Å². The van der Waals surface area contributed by atoms with E-state index in [0.717, 1.165) is 35.6 Å². The molecule has 0 fully saturated rings. The quantitative estimate of drug-likeness (QED) is 0.913. The molecule has 1 aliphatic heterocycles. The molecule has 20 heavy (non-hydrogen) atoms. The Morgan fingerprint density at radius 1 is 1.35 bits per heavy atom. The Morgan fingerprint density at radius 3 is 2.95 bits per heavy atom. The van der Waals surface area contributed by atoms with Crippen molar-refractivity contribution in [2.24, 2.45) is 0 Å². The molecule has 1 N–H and O–H groups in total. The highest BCUT2D eigenvalue weighted by atomic mass is 79.9. The van der Waals surface area contributed by atoms with E-state index in [1.807, 2.05) is 6.07 Å². The summed E-state index contributed by atoms with van der Waals surface area (Å²) in [4.78, 5) is 0. The molecule has 1 unspecified atom stereocenters. The summed E-state index contributed by atoms with van der Waals surface area (Å²) in [6, 6.07) is 8.49. The second-order valence-corrected chi connectivity index (χ2v) is 5.78. The van der Waals surface area contributed by atoms with Gasteiger partial charge in [-0.15, -0.1) is 22.6 Å². The summed E-state index contributed by atoms with van der Waals surface area (Å²) < 4.78 is 3.39. The summed E-state index contributed by atoms with van der Waals surface area (Å²) >= 11 is 3.57. The monoisotopic (exact) mass is 356 g/mol. The Morgan fingerprint density at radius 2 is 2.15 bits per heavy atom. The number of benzene rings is 1. The summed E-state index contributed by atoms with van der Waals surface area (Å²) in [5.74, 6) is 2.18. The third-order valence-electron chi connectivity index (χ3n) is 3.58. The molecular formula is C14H18BrClN4. The van der Waals surface area contributed by atoms with Crippen LogP contribution in [0.25, 0.3) is 0 Å². The van der Waals surface area contributed by atoms with Crippen LogP contribution in [0.2, 0.25) is 0 Å². The molecule has 0 saturated heterocycles.